The van der Waals surface area contributed by atoms with Crippen molar-refractivity contribution in [3.63, 3.8) is 0 Å². The molecule has 1 aromatic heterocycles. The number of rotatable bonds is 11. The van der Waals surface area contributed by atoms with Gasteiger partial charge in [0.25, 0.3) is 5.88 Å². The predicted molar refractivity (Wildman–Crippen MR) is 92.7 cm³/mol. The van der Waals surface area contributed by atoms with Crippen molar-refractivity contribution < 1.29 is 28.8 Å². The summed E-state index contributed by atoms with van der Waals surface area (Å²) >= 11 is 0. The molecule has 0 saturated carbocycles. The van der Waals surface area contributed by atoms with Crippen LogP contribution >= 0.6 is 0 Å². The van der Waals surface area contributed by atoms with Crippen molar-refractivity contribution in [1.29, 1.82) is 0 Å². The Labute approximate surface area is 149 Å². The van der Waals surface area contributed by atoms with Gasteiger partial charge in [-0.15, -0.1) is 0 Å². The summed E-state index contributed by atoms with van der Waals surface area (Å²) in [4.78, 5) is 16.4. The smallest absolute Gasteiger partial charge is 0.312 e. The van der Waals surface area contributed by atoms with Crippen molar-refractivity contribution in [2.45, 2.75) is 33.3 Å². The summed E-state index contributed by atoms with van der Waals surface area (Å²) in [6.07, 6.45) is 1.16. The maximum absolute atomic E-state index is 12.2. The Balaban J connectivity index is 2.99. The molecule has 0 bridgehead atoms. The van der Waals surface area contributed by atoms with Crippen molar-refractivity contribution in [2.24, 2.45) is 11.8 Å². The van der Waals surface area contributed by atoms with Crippen molar-refractivity contribution >= 4 is 5.97 Å². The van der Waals surface area contributed by atoms with Gasteiger partial charge in [0.05, 0.1) is 32.3 Å². The number of carbonyl (C=O) groups excluding carboxylic acids is 1. The summed E-state index contributed by atoms with van der Waals surface area (Å²) in [5.41, 5.74) is 0.481. The lowest BCUT2D eigenvalue weighted by atomic mass is 9.87. The molecular weight excluding hydrogens is 326 g/mol. The maximum atomic E-state index is 12.2. The summed E-state index contributed by atoms with van der Waals surface area (Å²) in [7, 11) is 3.12. The number of carbonyl (C=O) groups is 1. The fraction of sp³-hybridized carbons (Fsp3) is 0.667. The van der Waals surface area contributed by atoms with Gasteiger partial charge in [0.1, 0.15) is 0 Å². The molecule has 1 N–H and O–H groups in total. The lowest BCUT2D eigenvalue weighted by Crippen LogP contribution is -2.29. The number of hydrogen-bond acceptors (Lipinski definition) is 7. The number of hydrogen-bond donors (Lipinski definition) is 1. The van der Waals surface area contributed by atoms with Crippen molar-refractivity contribution in [2.75, 3.05) is 34.0 Å². The highest BCUT2D eigenvalue weighted by atomic mass is 16.5. The van der Waals surface area contributed by atoms with Crippen LogP contribution in [0.5, 0.6) is 11.6 Å². The summed E-state index contributed by atoms with van der Waals surface area (Å²) in [6.45, 7) is 6.74. The molecular formula is C18H29NO6. The van der Waals surface area contributed by atoms with Gasteiger partial charge in [-0.3, -0.25) is 4.79 Å². The van der Waals surface area contributed by atoms with Gasteiger partial charge in [0.2, 0.25) is 0 Å². The second-order valence-electron chi connectivity index (χ2n) is 5.94. The second kappa shape index (κ2) is 10.9. The Bertz CT molecular complexity index is 534. The van der Waals surface area contributed by atoms with Gasteiger partial charge in [-0.25, -0.2) is 4.98 Å². The molecule has 0 saturated heterocycles. The number of aromatic nitrogens is 1. The number of esters is 1. The molecule has 25 heavy (non-hydrogen) atoms. The third kappa shape index (κ3) is 6.17. The summed E-state index contributed by atoms with van der Waals surface area (Å²) in [5, 5.41) is 10.7. The zero-order valence-corrected chi connectivity index (χ0v) is 15.7. The quantitative estimate of drug-likeness (QED) is 0.482. The molecule has 0 aliphatic carbocycles. The topological polar surface area (TPSA) is 87.1 Å². The third-order valence-electron chi connectivity index (χ3n) is 3.74. The zero-order chi connectivity index (χ0) is 18.8. The SMILES string of the molecule is CCOC(=O)C(C(C)C)[C@H](O)c1cnc(OC)c(OCCCOC)c1. The molecule has 0 radical (unpaired) electrons. The predicted octanol–water partition coefficient (Wildman–Crippen LogP) is 2.37. The Morgan fingerprint density at radius 3 is 2.56 bits per heavy atom. The van der Waals surface area contributed by atoms with Crippen LogP contribution < -0.4 is 9.47 Å². The van der Waals surface area contributed by atoms with E-state index in [-0.39, 0.29) is 12.5 Å². The fourth-order valence-corrected chi connectivity index (χ4v) is 2.46. The highest BCUT2D eigenvalue weighted by Gasteiger charge is 2.33. The molecule has 7 heteroatoms. The van der Waals surface area contributed by atoms with Crippen LogP contribution in [0.4, 0.5) is 0 Å². The molecule has 1 rings (SSSR count). The first-order valence-corrected chi connectivity index (χ1v) is 8.46. The van der Waals surface area contributed by atoms with Gasteiger partial charge in [-0.05, 0) is 18.9 Å². The Morgan fingerprint density at radius 2 is 2.00 bits per heavy atom. The van der Waals surface area contributed by atoms with Gasteiger partial charge in [0, 0.05) is 31.9 Å². The molecule has 0 fully saturated rings. The molecule has 0 spiro atoms. The molecule has 0 aliphatic heterocycles. The van der Waals surface area contributed by atoms with Crippen LogP contribution in [0.3, 0.4) is 0 Å². The summed E-state index contributed by atoms with van der Waals surface area (Å²) in [5.74, 6) is -0.464. The molecule has 142 valence electrons. The first-order chi connectivity index (χ1) is 12.0. The van der Waals surface area contributed by atoms with Crippen molar-refractivity contribution in [1.82, 2.24) is 4.98 Å². The van der Waals surface area contributed by atoms with E-state index in [1.165, 1.54) is 13.3 Å². The van der Waals surface area contributed by atoms with Crippen molar-refractivity contribution in [3.8, 4) is 11.6 Å². The van der Waals surface area contributed by atoms with Crippen LogP contribution in [-0.4, -0.2) is 50.1 Å². The maximum Gasteiger partial charge on any atom is 0.312 e. The van der Waals surface area contributed by atoms with Crippen LogP contribution in [0, 0.1) is 11.8 Å². The Morgan fingerprint density at radius 1 is 1.28 bits per heavy atom. The van der Waals surface area contributed by atoms with Crippen LogP contribution in [0.15, 0.2) is 12.3 Å². The largest absolute Gasteiger partial charge is 0.488 e. The summed E-state index contributed by atoms with van der Waals surface area (Å²) in [6, 6.07) is 1.65. The van der Waals surface area contributed by atoms with Gasteiger partial charge in [-0.1, -0.05) is 13.8 Å². The number of nitrogens with zero attached hydrogens (tertiary/aromatic N) is 1. The van der Waals surface area contributed by atoms with Gasteiger partial charge < -0.3 is 24.1 Å². The highest BCUT2D eigenvalue weighted by molar-refractivity contribution is 5.73. The van der Waals surface area contributed by atoms with E-state index in [0.717, 1.165) is 0 Å². The minimum Gasteiger partial charge on any atom is -0.488 e. The zero-order valence-electron chi connectivity index (χ0n) is 15.7. The van der Waals surface area contributed by atoms with E-state index in [4.69, 9.17) is 18.9 Å². The average molecular weight is 355 g/mol. The summed E-state index contributed by atoms with van der Waals surface area (Å²) < 4.78 is 20.9. The average Bonchev–Trinajstić information content (AvgIpc) is 2.58. The van der Waals surface area contributed by atoms with E-state index < -0.39 is 18.0 Å². The molecule has 1 aromatic rings. The third-order valence-corrected chi connectivity index (χ3v) is 3.74. The molecule has 7 nitrogen and oxygen atoms in total. The first-order valence-electron chi connectivity index (χ1n) is 8.46. The molecule has 1 heterocycles. The normalized spacial score (nSPS) is 13.4. The van der Waals surface area contributed by atoms with E-state index in [2.05, 4.69) is 4.98 Å². The van der Waals surface area contributed by atoms with Gasteiger partial charge in [0.15, 0.2) is 5.75 Å². The molecule has 2 atom stereocenters. The number of aliphatic hydroxyl groups excluding tert-OH is 1. The van der Waals surface area contributed by atoms with E-state index in [1.807, 2.05) is 13.8 Å². The van der Waals surface area contributed by atoms with Crippen LogP contribution in [-0.2, 0) is 14.3 Å². The van der Waals surface area contributed by atoms with E-state index >= 15 is 0 Å². The Hall–Kier alpha value is -1.86. The minimum absolute atomic E-state index is 0.0952. The van der Waals surface area contributed by atoms with Gasteiger partial charge >= 0.3 is 5.97 Å². The standard InChI is InChI=1S/C18H29NO6/c1-6-24-18(21)15(12(2)3)16(20)13-10-14(17(23-5)19-11-13)25-9-7-8-22-4/h10-12,15-16,20H,6-9H2,1-5H3/t15?,16-/m1/s1. The number of ether oxygens (including phenoxy) is 4. The van der Waals surface area contributed by atoms with E-state index in [0.29, 0.717) is 36.8 Å². The van der Waals surface area contributed by atoms with Crippen molar-refractivity contribution in [3.05, 3.63) is 17.8 Å². The van der Waals surface area contributed by atoms with E-state index in [1.54, 1.807) is 20.1 Å². The molecule has 0 aromatic carbocycles. The number of pyridine rings is 1. The van der Waals surface area contributed by atoms with Crippen LogP contribution in [0.2, 0.25) is 0 Å². The number of methoxy groups -OCH3 is 2. The lowest BCUT2D eigenvalue weighted by Gasteiger charge is -2.25. The van der Waals surface area contributed by atoms with Crippen LogP contribution in [0.1, 0.15) is 38.9 Å². The lowest BCUT2D eigenvalue weighted by molar-refractivity contribution is -0.154. The van der Waals surface area contributed by atoms with E-state index in [9.17, 15) is 9.90 Å². The number of aliphatic hydroxyl groups is 1. The Kier molecular flexibility index (Phi) is 9.23. The molecule has 0 aliphatic rings. The monoisotopic (exact) mass is 355 g/mol. The minimum atomic E-state index is -1.04. The fourth-order valence-electron chi connectivity index (χ4n) is 2.46. The first kappa shape index (κ1) is 21.2. The second-order valence-corrected chi connectivity index (χ2v) is 5.94. The van der Waals surface area contributed by atoms with Gasteiger partial charge in [-0.2, -0.15) is 0 Å². The molecule has 0 amide bonds. The molecule has 1 unspecified atom stereocenters. The van der Waals surface area contributed by atoms with Crippen LogP contribution in [0.25, 0.3) is 0 Å². The highest BCUT2D eigenvalue weighted by Crippen LogP contribution is 2.33.